The molecule has 0 amide bonds. The minimum absolute atomic E-state index is 0.311. The zero-order valence-corrected chi connectivity index (χ0v) is 17.1. The molecule has 4 aliphatic carbocycles. The van der Waals surface area contributed by atoms with Crippen LogP contribution in [0.15, 0.2) is 49.6 Å². The van der Waals surface area contributed by atoms with Crippen LogP contribution in [0.3, 0.4) is 0 Å². The quantitative estimate of drug-likeness (QED) is 0.348. The Bertz CT molecular complexity index is 856. The van der Waals surface area contributed by atoms with Gasteiger partial charge in [0, 0.05) is 10.8 Å². The van der Waals surface area contributed by atoms with E-state index in [0.717, 1.165) is 0 Å². The third-order valence-corrected chi connectivity index (χ3v) is 7.79. The molecule has 8 atom stereocenters. The molecule has 4 aliphatic rings. The molecule has 164 valence electrons. The topological polar surface area (TPSA) is 118 Å². The molecule has 4 bridgehead atoms. The summed E-state index contributed by atoms with van der Waals surface area (Å²) in [6.07, 6.45) is 12.3. The molecule has 2 fully saturated rings. The Balaban J connectivity index is 1.62. The molecule has 0 heterocycles. The van der Waals surface area contributed by atoms with Crippen LogP contribution in [-0.2, 0) is 23.9 Å². The molecule has 0 aliphatic heterocycles. The number of carbonyl (C=O) groups excluding carboxylic acids is 2. The molecule has 4 rings (SSSR count). The Morgan fingerprint density at radius 3 is 1.55 bits per heavy atom. The average Bonchev–Trinajstić information content (AvgIpc) is 3.43. The molecule has 0 aromatic rings. The van der Waals surface area contributed by atoms with E-state index in [4.69, 9.17) is 4.74 Å². The van der Waals surface area contributed by atoms with Crippen LogP contribution >= 0.6 is 0 Å². The summed E-state index contributed by atoms with van der Waals surface area (Å²) in [5.74, 6) is -8.63. The van der Waals surface area contributed by atoms with Gasteiger partial charge in [-0.15, -0.1) is 13.2 Å². The van der Waals surface area contributed by atoms with E-state index in [1.54, 1.807) is 12.2 Å². The van der Waals surface area contributed by atoms with Crippen molar-refractivity contribution in [1.82, 2.24) is 0 Å². The maximum absolute atomic E-state index is 13.2. The fourth-order valence-corrected chi connectivity index (χ4v) is 6.68. The van der Waals surface area contributed by atoms with Crippen LogP contribution in [0.5, 0.6) is 0 Å². The number of rotatable bonds is 8. The van der Waals surface area contributed by atoms with E-state index >= 15 is 0 Å². The first-order valence-corrected chi connectivity index (χ1v) is 10.5. The number of fused-ring (bicyclic) bond motifs is 4. The van der Waals surface area contributed by atoms with Gasteiger partial charge in [0.05, 0.1) is 23.7 Å². The minimum Gasteiger partial charge on any atom is -0.481 e. The fourth-order valence-electron chi connectivity index (χ4n) is 6.68. The van der Waals surface area contributed by atoms with E-state index in [-0.39, 0.29) is 11.8 Å². The van der Waals surface area contributed by atoms with Gasteiger partial charge >= 0.3 is 23.9 Å². The molecule has 7 heteroatoms. The number of esters is 2. The van der Waals surface area contributed by atoms with E-state index in [1.165, 1.54) is 0 Å². The number of ether oxygens (including phenoxy) is 1. The predicted molar refractivity (Wildman–Crippen MR) is 109 cm³/mol. The standard InChI is InChI=1S/C24H26O7/c1-3-7-23-9-5-13(11-23)15(19(25)26)17(23)21(29)31-22(30)18-16(20(27)28)14-6-10-24(18,12-14)8-4-2/h3-6,9-10,13-18H,1-2,7-8,11-12H2,(H,25,26)(H,27,28). The number of allylic oxidation sites excluding steroid dienone is 6. The van der Waals surface area contributed by atoms with Crippen LogP contribution in [0.2, 0.25) is 0 Å². The first-order chi connectivity index (χ1) is 14.7. The number of hydrogen-bond donors (Lipinski definition) is 2. The van der Waals surface area contributed by atoms with Crippen molar-refractivity contribution in [1.29, 1.82) is 0 Å². The highest BCUT2D eigenvalue weighted by Gasteiger charge is 2.63. The first kappa shape index (κ1) is 21.3. The summed E-state index contributed by atoms with van der Waals surface area (Å²) < 4.78 is 5.29. The van der Waals surface area contributed by atoms with Gasteiger partial charge in [0.15, 0.2) is 0 Å². The average molecular weight is 426 g/mol. The Hall–Kier alpha value is -2.96. The van der Waals surface area contributed by atoms with Gasteiger partial charge in [0.1, 0.15) is 0 Å². The lowest BCUT2D eigenvalue weighted by Gasteiger charge is -2.35. The second-order valence-corrected chi connectivity index (χ2v) is 9.33. The molecule has 2 saturated carbocycles. The number of hydrogen-bond acceptors (Lipinski definition) is 5. The van der Waals surface area contributed by atoms with Gasteiger partial charge in [-0.3, -0.25) is 19.2 Å². The van der Waals surface area contributed by atoms with Crippen molar-refractivity contribution in [3.05, 3.63) is 49.6 Å². The Kier molecular flexibility index (Phi) is 5.03. The number of carboxylic acids is 2. The van der Waals surface area contributed by atoms with Crippen LogP contribution in [0.4, 0.5) is 0 Å². The zero-order valence-electron chi connectivity index (χ0n) is 17.1. The molecule has 8 unspecified atom stereocenters. The second kappa shape index (κ2) is 7.32. The molecular formula is C24H26O7. The molecule has 0 saturated heterocycles. The zero-order chi connectivity index (χ0) is 22.6. The van der Waals surface area contributed by atoms with Gasteiger partial charge in [-0.2, -0.15) is 0 Å². The molecule has 0 spiro atoms. The largest absolute Gasteiger partial charge is 0.481 e. The highest BCUT2D eigenvalue weighted by Crippen LogP contribution is 2.61. The Morgan fingerprint density at radius 2 is 1.23 bits per heavy atom. The summed E-state index contributed by atoms with van der Waals surface area (Å²) in [5.41, 5.74) is -1.49. The van der Waals surface area contributed by atoms with Crippen molar-refractivity contribution >= 4 is 23.9 Å². The summed E-state index contributed by atoms with van der Waals surface area (Å²) >= 11 is 0. The molecule has 0 radical (unpaired) electrons. The van der Waals surface area contributed by atoms with Gasteiger partial charge in [-0.25, -0.2) is 0 Å². The lowest BCUT2D eigenvalue weighted by molar-refractivity contribution is -0.175. The van der Waals surface area contributed by atoms with Crippen LogP contribution in [0.1, 0.15) is 25.7 Å². The monoisotopic (exact) mass is 426 g/mol. The van der Waals surface area contributed by atoms with Gasteiger partial charge < -0.3 is 14.9 Å². The van der Waals surface area contributed by atoms with Gasteiger partial charge in [0.2, 0.25) is 0 Å². The molecule has 0 aromatic heterocycles. The molecule has 7 nitrogen and oxygen atoms in total. The summed E-state index contributed by atoms with van der Waals surface area (Å²) in [6, 6.07) is 0. The van der Waals surface area contributed by atoms with Crippen LogP contribution in [0, 0.1) is 46.3 Å². The molecule has 0 aromatic carbocycles. The number of carboxylic acid groups (broad SMARTS) is 2. The van der Waals surface area contributed by atoms with Crippen molar-refractivity contribution in [2.24, 2.45) is 46.3 Å². The van der Waals surface area contributed by atoms with Crippen molar-refractivity contribution < 1.29 is 34.1 Å². The van der Waals surface area contributed by atoms with Crippen molar-refractivity contribution in [3.63, 3.8) is 0 Å². The highest BCUT2D eigenvalue weighted by atomic mass is 16.6. The van der Waals surface area contributed by atoms with Gasteiger partial charge in [-0.1, -0.05) is 36.5 Å². The summed E-state index contributed by atoms with van der Waals surface area (Å²) in [4.78, 5) is 50.2. The fraction of sp³-hybridized carbons (Fsp3) is 0.500. The van der Waals surface area contributed by atoms with Crippen molar-refractivity contribution in [2.45, 2.75) is 25.7 Å². The van der Waals surface area contributed by atoms with E-state index < -0.39 is 58.4 Å². The van der Waals surface area contributed by atoms with Crippen molar-refractivity contribution in [2.75, 3.05) is 0 Å². The smallest absolute Gasteiger partial charge is 0.318 e. The number of aliphatic carboxylic acids is 2. The van der Waals surface area contributed by atoms with Crippen LogP contribution in [-0.4, -0.2) is 34.1 Å². The van der Waals surface area contributed by atoms with E-state index in [2.05, 4.69) is 13.2 Å². The predicted octanol–water partition coefficient (Wildman–Crippen LogP) is 2.99. The SMILES string of the molecule is C=CCC12C=CC(C1)C(C(=O)O)C2C(=O)OC(=O)C1C(C(=O)O)C2C=CC1(CC=C)C2. The maximum atomic E-state index is 13.2. The van der Waals surface area contributed by atoms with Gasteiger partial charge in [0.25, 0.3) is 0 Å². The van der Waals surface area contributed by atoms with Crippen LogP contribution < -0.4 is 0 Å². The van der Waals surface area contributed by atoms with Crippen LogP contribution in [0.25, 0.3) is 0 Å². The Morgan fingerprint density at radius 1 is 0.839 bits per heavy atom. The van der Waals surface area contributed by atoms with Crippen molar-refractivity contribution in [3.8, 4) is 0 Å². The van der Waals surface area contributed by atoms with E-state index in [9.17, 15) is 29.4 Å². The third kappa shape index (κ3) is 3.01. The van der Waals surface area contributed by atoms with Gasteiger partial charge in [-0.05, 0) is 37.5 Å². The molecular weight excluding hydrogens is 400 g/mol. The molecule has 2 N–H and O–H groups in total. The van der Waals surface area contributed by atoms with E-state index in [1.807, 2.05) is 24.3 Å². The first-order valence-electron chi connectivity index (χ1n) is 10.5. The maximum Gasteiger partial charge on any atom is 0.318 e. The molecule has 31 heavy (non-hydrogen) atoms. The summed E-state index contributed by atoms with van der Waals surface area (Å²) in [6.45, 7) is 7.45. The third-order valence-electron chi connectivity index (χ3n) is 7.79. The summed E-state index contributed by atoms with van der Waals surface area (Å²) in [5, 5.41) is 19.5. The normalized spacial score (nSPS) is 41.3. The van der Waals surface area contributed by atoms with E-state index in [0.29, 0.717) is 25.7 Å². The minimum atomic E-state index is -1.11. The lowest BCUT2D eigenvalue weighted by atomic mass is 9.70. The second-order valence-electron chi connectivity index (χ2n) is 9.33. The lowest BCUT2D eigenvalue weighted by Crippen LogP contribution is -2.44. The Labute approximate surface area is 180 Å². The number of carbonyl (C=O) groups is 4. The highest BCUT2D eigenvalue weighted by molar-refractivity contribution is 5.94. The summed E-state index contributed by atoms with van der Waals surface area (Å²) in [7, 11) is 0.